The topological polar surface area (TPSA) is 51.2 Å². The summed E-state index contributed by atoms with van der Waals surface area (Å²) in [5.41, 5.74) is 0.291. The Morgan fingerprint density at radius 1 is 1.23 bits per heavy atom. The molecule has 1 aliphatic heterocycles. The van der Waals surface area contributed by atoms with Gasteiger partial charge in [0, 0.05) is 66.4 Å². The van der Waals surface area contributed by atoms with Gasteiger partial charge in [-0.3, -0.25) is 9.79 Å². The van der Waals surface area contributed by atoms with Gasteiger partial charge in [-0.1, -0.05) is 0 Å². The van der Waals surface area contributed by atoms with E-state index in [9.17, 15) is 13.6 Å². The number of hydrogen-bond acceptors (Lipinski definition) is 3. The number of anilines is 1. The quantitative estimate of drug-likeness (QED) is 0.405. The van der Waals surface area contributed by atoms with Crippen molar-refractivity contribution in [3.8, 4) is 0 Å². The van der Waals surface area contributed by atoms with Crippen LogP contribution in [0.2, 0.25) is 0 Å². The molecule has 6 nitrogen and oxygen atoms in total. The molecule has 0 bridgehead atoms. The highest BCUT2D eigenvalue weighted by Crippen LogP contribution is 2.21. The minimum absolute atomic E-state index is 0. The van der Waals surface area contributed by atoms with Crippen LogP contribution in [0.3, 0.4) is 0 Å². The van der Waals surface area contributed by atoms with Gasteiger partial charge in [0.1, 0.15) is 11.6 Å². The van der Waals surface area contributed by atoms with Crippen molar-refractivity contribution in [2.75, 3.05) is 58.8 Å². The molecule has 0 unspecified atom stereocenters. The molecule has 9 heteroatoms. The van der Waals surface area contributed by atoms with Crippen molar-refractivity contribution in [2.45, 2.75) is 6.42 Å². The van der Waals surface area contributed by atoms with Gasteiger partial charge in [-0.25, -0.2) is 8.78 Å². The maximum absolute atomic E-state index is 13.9. The molecule has 1 amide bonds. The summed E-state index contributed by atoms with van der Waals surface area (Å²) in [5.74, 6) is -0.0957. The number of hydrogen-bond donors (Lipinski definition) is 1. The van der Waals surface area contributed by atoms with Gasteiger partial charge in [-0.05, 0) is 12.1 Å². The van der Waals surface area contributed by atoms with Crippen molar-refractivity contribution in [1.29, 1.82) is 0 Å². The van der Waals surface area contributed by atoms with E-state index in [1.807, 2.05) is 9.80 Å². The Hall–Kier alpha value is -1.65. The first kappa shape index (κ1) is 22.4. The van der Waals surface area contributed by atoms with E-state index < -0.39 is 11.6 Å². The Labute approximate surface area is 170 Å². The highest BCUT2D eigenvalue weighted by Gasteiger charge is 2.22. The number of halogens is 3. The van der Waals surface area contributed by atoms with Gasteiger partial charge in [0.25, 0.3) is 0 Å². The summed E-state index contributed by atoms with van der Waals surface area (Å²) in [4.78, 5) is 21.3. The Balaban J connectivity index is 0.00000338. The van der Waals surface area contributed by atoms with Gasteiger partial charge in [-0.2, -0.15) is 0 Å². The Kier molecular flexibility index (Phi) is 9.03. The van der Waals surface area contributed by atoms with Crippen molar-refractivity contribution in [3.05, 3.63) is 29.8 Å². The monoisotopic (exact) mass is 481 g/mol. The number of carbonyl (C=O) groups excluding carboxylic acids is 1. The number of rotatable bonds is 4. The minimum Gasteiger partial charge on any atom is -0.366 e. The molecule has 26 heavy (non-hydrogen) atoms. The van der Waals surface area contributed by atoms with Crippen LogP contribution < -0.4 is 10.2 Å². The fourth-order valence-electron chi connectivity index (χ4n) is 2.72. The smallest absolute Gasteiger partial charge is 0.223 e. The van der Waals surface area contributed by atoms with Crippen LogP contribution in [0.4, 0.5) is 14.5 Å². The normalized spacial score (nSPS) is 14.7. The Morgan fingerprint density at radius 3 is 2.46 bits per heavy atom. The van der Waals surface area contributed by atoms with Gasteiger partial charge < -0.3 is 20.0 Å². The van der Waals surface area contributed by atoms with Crippen molar-refractivity contribution >= 4 is 41.5 Å². The number of carbonyl (C=O) groups is 1. The van der Waals surface area contributed by atoms with E-state index >= 15 is 0 Å². The molecule has 0 saturated carbocycles. The van der Waals surface area contributed by atoms with Gasteiger partial charge >= 0.3 is 0 Å². The molecule has 0 aliphatic carbocycles. The predicted octanol–water partition coefficient (Wildman–Crippen LogP) is 1.76. The summed E-state index contributed by atoms with van der Waals surface area (Å²) in [7, 11) is 5.14. The molecule has 1 heterocycles. The van der Waals surface area contributed by atoms with E-state index in [0.29, 0.717) is 50.8 Å². The third-order valence-electron chi connectivity index (χ3n) is 4.16. The van der Waals surface area contributed by atoms with Crippen LogP contribution in [0.1, 0.15) is 6.42 Å². The second kappa shape index (κ2) is 10.5. The van der Waals surface area contributed by atoms with Gasteiger partial charge in [0.15, 0.2) is 5.96 Å². The SMILES string of the molecule is CN=C(NCCC(=O)N(C)C)N1CCN(c2cc(F)ccc2F)CC1.I. The van der Waals surface area contributed by atoms with E-state index in [-0.39, 0.29) is 29.9 Å². The summed E-state index contributed by atoms with van der Waals surface area (Å²) < 4.78 is 27.2. The molecule has 2 rings (SSSR count). The third kappa shape index (κ3) is 5.96. The highest BCUT2D eigenvalue weighted by atomic mass is 127. The third-order valence-corrected chi connectivity index (χ3v) is 4.16. The molecule has 0 spiro atoms. The molecule has 1 fully saturated rings. The molecule has 146 valence electrons. The summed E-state index contributed by atoms with van der Waals surface area (Å²) in [6.07, 6.45) is 0.389. The molecule has 0 radical (unpaired) electrons. The lowest BCUT2D eigenvalue weighted by molar-refractivity contribution is -0.128. The lowest BCUT2D eigenvalue weighted by atomic mass is 10.2. The second-order valence-corrected chi connectivity index (χ2v) is 6.08. The van der Waals surface area contributed by atoms with Gasteiger partial charge in [0.05, 0.1) is 5.69 Å². The van der Waals surface area contributed by atoms with Crippen molar-refractivity contribution in [1.82, 2.24) is 15.1 Å². The molecule has 1 aliphatic rings. The average Bonchev–Trinajstić information content (AvgIpc) is 2.61. The number of benzene rings is 1. The largest absolute Gasteiger partial charge is 0.366 e. The molecule has 0 aromatic heterocycles. The summed E-state index contributed by atoms with van der Waals surface area (Å²) in [6, 6.07) is 3.50. The molecular weight excluding hydrogens is 455 g/mol. The first-order chi connectivity index (χ1) is 11.9. The molecule has 0 atom stereocenters. The predicted molar refractivity (Wildman–Crippen MR) is 110 cm³/mol. The summed E-state index contributed by atoms with van der Waals surface area (Å²) in [6.45, 7) is 2.91. The number of guanidine groups is 1. The lowest BCUT2D eigenvalue weighted by Gasteiger charge is -2.37. The molecule has 1 aromatic rings. The van der Waals surface area contributed by atoms with Crippen LogP contribution in [0.25, 0.3) is 0 Å². The van der Waals surface area contributed by atoms with Crippen molar-refractivity contribution < 1.29 is 13.6 Å². The number of piperazine rings is 1. The Morgan fingerprint density at radius 2 is 1.88 bits per heavy atom. The van der Waals surface area contributed by atoms with Crippen molar-refractivity contribution in [2.24, 2.45) is 4.99 Å². The van der Waals surface area contributed by atoms with E-state index in [1.54, 1.807) is 26.0 Å². The first-order valence-corrected chi connectivity index (χ1v) is 8.28. The zero-order chi connectivity index (χ0) is 18.4. The van der Waals surface area contributed by atoms with Crippen molar-refractivity contribution in [3.63, 3.8) is 0 Å². The number of nitrogens with one attached hydrogen (secondary N) is 1. The zero-order valence-corrected chi connectivity index (χ0v) is 17.7. The molecule has 1 saturated heterocycles. The fourth-order valence-corrected chi connectivity index (χ4v) is 2.72. The maximum atomic E-state index is 13.9. The van der Waals surface area contributed by atoms with Crippen LogP contribution in [-0.4, -0.2) is 75.5 Å². The number of nitrogens with zero attached hydrogens (tertiary/aromatic N) is 4. The first-order valence-electron chi connectivity index (χ1n) is 8.28. The van der Waals surface area contributed by atoms with Crippen LogP contribution in [0.5, 0.6) is 0 Å². The standard InChI is InChI=1S/C17H25F2N5O.HI/c1-20-17(21-7-6-16(25)22(2)3)24-10-8-23(9-11-24)15-12-13(18)4-5-14(15)19;/h4-5,12H,6-11H2,1-3H3,(H,20,21);1H. The van der Waals surface area contributed by atoms with Gasteiger partial charge in [0.2, 0.25) is 5.91 Å². The molecular formula is C17H26F2IN5O. The van der Waals surface area contributed by atoms with Gasteiger partial charge in [-0.15, -0.1) is 24.0 Å². The van der Waals surface area contributed by atoms with E-state index in [0.717, 1.165) is 12.1 Å². The zero-order valence-electron chi connectivity index (χ0n) is 15.3. The van der Waals surface area contributed by atoms with E-state index in [4.69, 9.17) is 0 Å². The Bertz CT molecular complexity index is 634. The molecule has 1 N–H and O–H groups in total. The van der Waals surface area contributed by atoms with E-state index in [2.05, 4.69) is 10.3 Å². The van der Waals surface area contributed by atoms with Crippen LogP contribution >= 0.6 is 24.0 Å². The van der Waals surface area contributed by atoms with Crippen LogP contribution in [-0.2, 0) is 4.79 Å². The lowest BCUT2D eigenvalue weighted by Crippen LogP contribution is -2.53. The van der Waals surface area contributed by atoms with Crippen LogP contribution in [0, 0.1) is 11.6 Å². The summed E-state index contributed by atoms with van der Waals surface area (Å²) >= 11 is 0. The highest BCUT2D eigenvalue weighted by molar-refractivity contribution is 14.0. The number of aliphatic imine (C=N–C) groups is 1. The van der Waals surface area contributed by atoms with E-state index in [1.165, 1.54) is 6.07 Å². The molecule has 1 aromatic carbocycles. The maximum Gasteiger partial charge on any atom is 0.223 e. The number of amides is 1. The minimum atomic E-state index is -0.443. The second-order valence-electron chi connectivity index (χ2n) is 6.08. The summed E-state index contributed by atoms with van der Waals surface area (Å²) in [5, 5.41) is 3.18. The van der Waals surface area contributed by atoms with Crippen LogP contribution in [0.15, 0.2) is 23.2 Å². The fraction of sp³-hybridized carbons (Fsp3) is 0.529. The average molecular weight is 481 g/mol.